The summed E-state index contributed by atoms with van der Waals surface area (Å²) in [6.45, 7) is 6.33. The molecule has 3 aliphatic carbocycles. The Morgan fingerprint density at radius 2 is 1.14 bits per heavy atom. The third-order valence-corrected chi connectivity index (χ3v) is 10.3. The molecule has 5 aliphatic rings. The van der Waals surface area contributed by atoms with E-state index >= 15 is 0 Å². The number of nitrogens with zero attached hydrogens (tertiary/aromatic N) is 2. The molecule has 1 N–H and O–H groups in total. The van der Waals surface area contributed by atoms with Crippen LogP contribution in [0.2, 0.25) is 0 Å². The van der Waals surface area contributed by atoms with Crippen molar-refractivity contribution in [1.82, 2.24) is 9.80 Å². The van der Waals surface area contributed by atoms with Gasteiger partial charge in [-0.3, -0.25) is 33.8 Å². The van der Waals surface area contributed by atoms with Crippen molar-refractivity contribution < 1.29 is 29.1 Å². The summed E-state index contributed by atoms with van der Waals surface area (Å²) < 4.78 is 0. The zero-order chi connectivity index (χ0) is 25.3. The van der Waals surface area contributed by atoms with Crippen LogP contribution in [-0.4, -0.2) is 57.6 Å². The highest BCUT2D eigenvalue weighted by Crippen LogP contribution is 2.53. The summed E-state index contributed by atoms with van der Waals surface area (Å²) in [6, 6.07) is -0.328. The van der Waals surface area contributed by atoms with Gasteiger partial charge in [0.2, 0.25) is 23.6 Å². The number of imide groups is 2. The first-order valence-corrected chi connectivity index (χ1v) is 13.4. The molecule has 192 valence electrons. The quantitative estimate of drug-likeness (QED) is 0.614. The summed E-state index contributed by atoms with van der Waals surface area (Å²) in [7, 11) is 1.58. The Hall–Kier alpha value is -2.25. The predicted molar refractivity (Wildman–Crippen MR) is 125 cm³/mol. The number of amides is 4. The van der Waals surface area contributed by atoms with Crippen LogP contribution in [0.3, 0.4) is 0 Å². The van der Waals surface area contributed by atoms with Crippen LogP contribution in [0.25, 0.3) is 0 Å². The minimum atomic E-state index is -0.845. The Balaban J connectivity index is 1.34. The number of aliphatic carboxylic acids is 1. The van der Waals surface area contributed by atoms with Gasteiger partial charge < -0.3 is 5.11 Å². The van der Waals surface area contributed by atoms with Crippen LogP contribution in [0.4, 0.5) is 0 Å². The topological polar surface area (TPSA) is 112 Å². The molecule has 3 saturated carbocycles. The Kier molecular flexibility index (Phi) is 6.07. The SMILES string of the molecule is CC1CC(C(=O)O)CC(N2C(=O)C3CC(C)C(C4CC5C(=O)N(C)C(=O)C5CC4C)CC3C2=O)C1. The van der Waals surface area contributed by atoms with Crippen molar-refractivity contribution in [3.63, 3.8) is 0 Å². The van der Waals surface area contributed by atoms with E-state index in [1.165, 1.54) is 9.80 Å². The van der Waals surface area contributed by atoms with E-state index in [2.05, 4.69) is 13.8 Å². The number of rotatable bonds is 3. The zero-order valence-corrected chi connectivity index (χ0v) is 21.2. The highest BCUT2D eigenvalue weighted by molar-refractivity contribution is 6.06. The lowest BCUT2D eigenvalue weighted by molar-refractivity contribution is -0.150. The van der Waals surface area contributed by atoms with Crippen LogP contribution in [0, 0.1) is 59.2 Å². The molecule has 0 radical (unpaired) electrons. The maximum atomic E-state index is 13.6. The second kappa shape index (κ2) is 8.70. The van der Waals surface area contributed by atoms with Crippen LogP contribution < -0.4 is 0 Å². The number of hydrogen-bond donors (Lipinski definition) is 1. The standard InChI is InChI=1S/C27H38N2O6/c1-12-5-15(27(34)35)9-16(6-12)29-25(32)20-8-14(3)18(11-22(20)26(29)33)17-10-21-19(7-13(17)2)23(30)28(4)24(21)31/h12-22H,5-11H2,1-4H3,(H,34,35). The fourth-order valence-corrected chi connectivity index (χ4v) is 8.56. The minimum Gasteiger partial charge on any atom is -0.481 e. The summed E-state index contributed by atoms with van der Waals surface area (Å²) in [4.78, 5) is 66.7. The summed E-state index contributed by atoms with van der Waals surface area (Å²) in [6.07, 6.45) is 4.30. The molecule has 8 nitrogen and oxygen atoms in total. The van der Waals surface area contributed by atoms with Crippen LogP contribution >= 0.6 is 0 Å². The first-order chi connectivity index (χ1) is 16.5. The molecule has 35 heavy (non-hydrogen) atoms. The normalized spacial score (nSPS) is 46.1. The lowest BCUT2D eigenvalue weighted by atomic mass is 9.58. The van der Waals surface area contributed by atoms with E-state index in [9.17, 15) is 29.1 Å². The van der Waals surface area contributed by atoms with Gasteiger partial charge in [-0.05, 0) is 74.5 Å². The Morgan fingerprint density at radius 1 is 0.686 bits per heavy atom. The molecule has 8 heteroatoms. The Bertz CT molecular complexity index is 963. The maximum absolute atomic E-state index is 13.6. The van der Waals surface area contributed by atoms with Gasteiger partial charge in [0, 0.05) is 13.1 Å². The molecule has 0 spiro atoms. The van der Waals surface area contributed by atoms with Crippen molar-refractivity contribution in [2.24, 2.45) is 59.2 Å². The summed E-state index contributed by atoms with van der Waals surface area (Å²) in [5, 5.41) is 9.57. The molecule has 4 amide bonds. The first-order valence-electron chi connectivity index (χ1n) is 13.4. The number of hydrogen-bond acceptors (Lipinski definition) is 5. The molecular weight excluding hydrogens is 448 g/mol. The first kappa shape index (κ1) is 24.4. The largest absolute Gasteiger partial charge is 0.481 e. The van der Waals surface area contributed by atoms with Crippen molar-refractivity contribution in [3.8, 4) is 0 Å². The molecule has 11 unspecified atom stereocenters. The number of carbonyl (C=O) groups excluding carboxylic acids is 4. The predicted octanol–water partition coefficient (Wildman–Crippen LogP) is 2.80. The Morgan fingerprint density at radius 3 is 1.66 bits per heavy atom. The third-order valence-electron chi connectivity index (χ3n) is 10.3. The number of carboxylic acids is 1. The van der Waals surface area contributed by atoms with Crippen molar-refractivity contribution in [1.29, 1.82) is 0 Å². The number of carboxylic acid groups (broad SMARTS) is 1. The average Bonchev–Trinajstić information content (AvgIpc) is 3.16. The van der Waals surface area contributed by atoms with Gasteiger partial charge in [0.1, 0.15) is 0 Å². The number of carbonyl (C=O) groups is 5. The molecule has 0 bridgehead atoms. The second-order valence-corrected chi connectivity index (χ2v) is 12.4. The maximum Gasteiger partial charge on any atom is 0.306 e. The van der Waals surface area contributed by atoms with Gasteiger partial charge in [0.25, 0.3) is 0 Å². The average molecular weight is 487 g/mol. The lowest BCUT2D eigenvalue weighted by Crippen LogP contribution is -2.46. The fourth-order valence-electron chi connectivity index (χ4n) is 8.56. The van der Waals surface area contributed by atoms with Crippen molar-refractivity contribution in [3.05, 3.63) is 0 Å². The lowest BCUT2D eigenvalue weighted by Gasteiger charge is -2.45. The highest BCUT2D eigenvalue weighted by atomic mass is 16.4. The summed E-state index contributed by atoms with van der Waals surface area (Å²) in [5.74, 6) is -1.69. The molecule has 0 aromatic rings. The number of fused-ring (bicyclic) bond motifs is 2. The van der Waals surface area contributed by atoms with Crippen LogP contribution in [0.15, 0.2) is 0 Å². The smallest absolute Gasteiger partial charge is 0.306 e. The van der Waals surface area contributed by atoms with Gasteiger partial charge in [0.05, 0.1) is 29.6 Å². The molecule has 2 saturated heterocycles. The van der Waals surface area contributed by atoms with Gasteiger partial charge in [-0.25, -0.2) is 0 Å². The van der Waals surface area contributed by atoms with Crippen LogP contribution in [0.1, 0.15) is 65.7 Å². The highest BCUT2D eigenvalue weighted by Gasteiger charge is 2.58. The molecule has 0 aromatic carbocycles. The van der Waals surface area contributed by atoms with E-state index in [4.69, 9.17) is 0 Å². The second-order valence-electron chi connectivity index (χ2n) is 12.4. The van der Waals surface area contributed by atoms with Gasteiger partial charge in [-0.1, -0.05) is 20.8 Å². The molecule has 2 aliphatic heterocycles. The van der Waals surface area contributed by atoms with Crippen molar-refractivity contribution in [2.45, 2.75) is 71.8 Å². The Labute approximate surface area is 206 Å². The van der Waals surface area contributed by atoms with Crippen molar-refractivity contribution >= 4 is 29.6 Å². The van der Waals surface area contributed by atoms with Gasteiger partial charge in [0.15, 0.2) is 0 Å². The summed E-state index contributed by atoms with van der Waals surface area (Å²) >= 11 is 0. The molecule has 2 heterocycles. The molecule has 5 rings (SSSR count). The fraction of sp³-hybridized carbons (Fsp3) is 0.815. The van der Waals surface area contributed by atoms with E-state index in [1.807, 2.05) is 6.92 Å². The molecule has 0 aromatic heterocycles. The summed E-state index contributed by atoms with van der Waals surface area (Å²) in [5.41, 5.74) is 0. The molecule has 11 atom stereocenters. The van der Waals surface area contributed by atoms with Crippen molar-refractivity contribution in [2.75, 3.05) is 7.05 Å². The molecular formula is C27H38N2O6. The van der Waals surface area contributed by atoms with E-state index < -0.39 is 11.9 Å². The van der Waals surface area contributed by atoms with Crippen LogP contribution in [0.5, 0.6) is 0 Å². The van der Waals surface area contributed by atoms with E-state index in [-0.39, 0.29) is 82.9 Å². The van der Waals surface area contributed by atoms with E-state index in [0.717, 1.165) is 0 Å². The number of likely N-dealkylation sites (tertiary alicyclic amines) is 2. The van der Waals surface area contributed by atoms with Crippen LogP contribution in [-0.2, 0) is 24.0 Å². The van der Waals surface area contributed by atoms with E-state index in [1.54, 1.807) is 7.05 Å². The monoisotopic (exact) mass is 486 g/mol. The zero-order valence-electron chi connectivity index (χ0n) is 21.2. The molecule has 5 fully saturated rings. The van der Waals surface area contributed by atoms with Gasteiger partial charge in [-0.15, -0.1) is 0 Å². The van der Waals surface area contributed by atoms with Gasteiger partial charge in [-0.2, -0.15) is 0 Å². The van der Waals surface area contributed by atoms with E-state index in [0.29, 0.717) is 44.9 Å². The third kappa shape index (κ3) is 3.82. The minimum absolute atomic E-state index is 0.0596. The van der Waals surface area contributed by atoms with Gasteiger partial charge >= 0.3 is 5.97 Å².